The first kappa shape index (κ1) is 10.8. The largest absolute Gasteiger partial charge is 0.346 e. The van der Waals surface area contributed by atoms with Gasteiger partial charge in [0.25, 0.3) is 0 Å². The molecule has 0 aliphatic heterocycles. The summed E-state index contributed by atoms with van der Waals surface area (Å²) in [6.45, 7) is 6.04. The van der Waals surface area contributed by atoms with Gasteiger partial charge < -0.3 is 4.52 Å². The molecule has 0 saturated carbocycles. The molecule has 0 saturated heterocycles. The van der Waals surface area contributed by atoms with Gasteiger partial charge in [0.05, 0.1) is 6.61 Å². The van der Waals surface area contributed by atoms with Crippen LogP contribution in [0.3, 0.4) is 0 Å². The Morgan fingerprint density at radius 3 is 2.50 bits per heavy atom. The highest BCUT2D eigenvalue weighted by Crippen LogP contribution is 2.65. The van der Waals surface area contributed by atoms with Gasteiger partial charge in [0.15, 0.2) is 0 Å². The molecule has 0 fully saturated rings. The van der Waals surface area contributed by atoms with Crippen LogP contribution in [0.1, 0.15) is 20.8 Å². The lowest BCUT2D eigenvalue weighted by atomic mass is 10.6. The normalized spacial score (nSPS) is 17.3. The molecular formula is C5H12ClO2PS. The average Bonchev–Trinajstić information content (AvgIpc) is 1.59. The second-order valence-corrected chi connectivity index (χ2v) is 8.29. The highest BCUT2D eigenvalue weighted by atomic mass is 35.7. The van der Waals surface area contributed by atoms with E-state index in [9.17, 15) is 4.57 Å². The van der Waals surface area contributed by atoms with E-state index >= 15 is 0 Å². The molecule has 1 atom stereocenters. The predicted octanol–water partition coefficient (Wildman–Crippen LogP) is 3.51. The Kier molecular flexibility index (Phi) is 5.04. The van der Waals surface area contributed by atoms with Gasteiger partial charge in [0, 0.05) is 5.25 Å². The molecule has 5 heteroatoms. The number of halogens is 1. The fraction of sp³-hybridized carbons (Fsp3) is 1.00. The maximum Gasteiger partial charge on any atom is 0.346 e. The van der Waals surface area contributed by atoms with Crippen molar-refractivity contribution in [2.45, 2.75) is 26.0 Å². The van der Waals surface area contributed by atoms with Gasteiger partial charge >= 0.3 is 5.92 Å². The van der Waals surface area contributed by atoms with Crippen molar-refractivity contribution in [3.05, 3.63) is 0 Å². The highest BCUT2D eigenvalue weighted by Gasteiger charge is 2.20. The molecule has 0 aromatic carbocycles. The lowest BCUT2D eigenvalue weighted by Gasteiger charge is -2.10. The van der Waals surface area contributed by atoms with Gasteiger partial charge in [-0.1, -0.05) is 25.2 Å². The standard InChI is InChI=1S/C5H12ClO2PS/c1-4-8-9(6,7)10-5(2)3/h5H,4H2,1-3H3. The van der Waals surface area contributed by atoms with Crippen molar-refractivity contribution in [2.75, 3.05) is 6.61 Å². The van der Waals surface area contributed by atoms with E-state index in [4.69, 9.17) is 15.8 Å². The van der Waals surface area contributed by atoms with E-state index in [2.05, 4.69) is 0 Å². The topological polar surface area (TPSA) is 26.3 Å². The Balaban J connectivity index is 3.75. The summed E-state index contributed by atoms with van der Waals surface area (Å²) in [6, 6.07) is 0. The van der Waals surface area contributed by atoms with Crippen molar-refractivity contribution < 1.29 is 9.09 Å². The third-order valence-corrected chi connectivity index (χ3v) is 5.21. The minimum Gasteiger partial charge on any atom is -0.310 e. The van der Waals surface area contributed by atoms with E-state index in [0.717, 1.165) is 0 Å². The monoisotopic (exact) mass is 202 g/mol. The first-order chi connectivity index (χ1) is 4.48. The molecule has 0 amide bonds. The van der Waals surface area contributed by atoms with Gasteiger partial charge in [0.2, 0.25) is 0 Å². The van der Waals surface area contributed by atoms with E-state index in [0.29, 0.717) is 6.61 Å². The van der Waals surface area contributed by atoms with Crippen LogP contribution in [0.5, 0.6) is 0 Å². The Bertz CT molecular complexity index is 140. The van der Waals surface area contributed by atoms with Crippen LogP contribution in [0.4, 0.5) is 0 Å². The van der Waals surface area contributed by atoms with Crippen molar-refractivity contribution in [1.82, 2.24) is 0 Å². The SMILES string of the molecule is CCOP(=O)(Cl)SC(C)C. The van der Waals surface area contributed by atoms with E-state index in [1.165, 1.54) is 11.4 Å². The first-order valence-corrected chi connectivity index (χ1v) is 7.12. The van der Waals surface area contributed by atoms with Crippen molar-refractivity contribution in [3.63, 3.8) is 0 Å². The highest BCUT2D eigenvalue weighted by molar-refractivity contribution is 8.64. The first-order valence-electron chi connectivity index (χ1n) is 3.10. The van der Waals surface area contributed by atoms with Gasteiger partial charge in [-0.15, -0.1) is 0 Å². The summed E-state index contributed by atoms with van der Waals surface area (Å²) >= 11 is 6.71. The van der Waals surface area contributed by atoms with E-state index in [-0.39, 0.29) is 5.25 Å². The van der Waals surface area contributed by atoms with Crippen molar-refractivity contribution in [1.29, 1.82) is 0 Å². The minimum absolute atomic E-state index is 0.245. The van der Waals surface area contributed by atoms with Crippen LogP contribution in [0.2, 0.25) is 0 Å². The van der Waals surface area contributed by atoms with E-state index in [1.54, 1.807) is 6.92 Å². The molecule has 0 aromatic heterocycles. The molecule has 0 aliphatic rings. The van der Waals surface area contributed by atoms with Crippen LogP contribution in [0.25, 0.3) is 0 Å². The zero-order chi connectivity index (χ0) is 8.20. The summed E-state index contributed by atoms with van der Waals surface area (Å²) in [4.78, 5) is 0. The zero-order valence-corrected chi connectivity index (χ0v) is 8.80. The summed E-state index contributed by atoms with van der Waals surface area (Å²) in [6.07, 6.45) is 0. The van der Waals surface area contributed by atoms with Crippen molar-refractivity contribution >= 4 is 28.5 Å². The summed E-state index contributed by atoms with van der Waals surface area (Å²) in [5.41, 5.74) is 0. The molecular weight excluding hydrogens is 191 g/mol. The molecule has 0 N–H and O–H groups in total. The molecule has 0 heterocycles. The zero-order valence-electron chi connectivity index (χ0n) is 6.33. The summed E-state index contributed by atoms with van der Waals surface area (Å²) < 4.78 is 16.0. The molecule has 0 rings (SSSR count). The molecule has 0 aromatic rings. The number of rotatable bonds is 4. The van der Waals surface area contributed by atoms with E-state index < -0.39 is 5.92 Å². The van der Waals surface area contributed by atoms with Crippen LogP contribution in [0.15, 0.2) is 0 Å². The predicted molar refractivity (Wildman–Crippen MR) is 47.8 cm³/mol. The number of hydrogen-bond acceptors (Lipinski definition) is 3. The van der Waals surface area contributed by atoms with E-state index in [1.807, 2.05) is 13.8 Å². The van der Waals surface area contributed by atoms with Crippen molar-refractivity contribution in [2.24, 2.45) is 0 Å². The van der Waals surface area contributed by atoms with Crippen LogP contribution >= 0.6 is 28.5 Å². The average molecular weight is 203 g/mol. The molecule has 0 bridgehead atoms. The molecule has 10 heavy (non-hydrogen) atoms. The second-order valence-electron chi connectivity index (χ2n) is 2.00. The Hall–Kier alpha value is 0.830. The Morgan fingerprint density at radius 1 is 1.70 bits per heavy atom. The minimum atomic E-state index is -2.86. The third-order valence-electron chi connectivity index (χ3n) is 0.620. The number of hydrogen-bond donors (Lipinski definition) is 0. The van der Waals surface area contributed by atoms with Gasteiger partial charge in [-0.3, -0.25) is 4.57 Å². The third kappa shape index (κ3) is 5.60. The fourth-order valence-electron chi connectivity index (χ4n) is 0.436. The quantitative estimate of drug-likeness (QED) is 0.653. The Labute approximate surface area is 70.7 Å². The molecule has 0 aliphatic carbocycles. The van der Waals surface area contributed by atoms with Gasteiger partial charge in [-0.2, -0.15) is 0 Å². The lowest BCUT2D eigenvalue weighted by molar-refractivity contribution is 0.356. The second kappa shape index (κ2) is 4.66. The molecule has 0 spiro atoms. The maximum absolute atomic E-state index is 11.1. The summed E-state index contributed by atoms with van der Waals surface area (Å²) in [5, 5.41) is 0.245. The van der Waals surface area contributed by atoms with Crippen LogP contribution in [-0.2, 0) is 9.09 Å². The summed E-state index contributed by atoms with van der Waals surface area (Å²) in [7, 11) is 0. The smallest absolute Gasteiger partial charge is 0.310 e. The van der Waals surface area contributed by atoms with Crippen molar-refractivity contribution in [3.8, 4) is 0 Å². The molecule has 62 valence electrons. The molecule has 0 radical (unpaired) electrons. The van der Waals surface area contributed by atoms with Gasteiger partial charge in [-0.25, -0.2) is 0 Å². The summed E-state index contributed by atoms with van der Waals surface area (Å²) in [5.74, 6) is -2.86. The Morgan fingerprint density at radius 2 is 2.20 bits per heavy atom. The van der Waals surface area contributed by atoms with Gasteiger partial charge in [-0.05, 0) is 18.2 Å². The van der Waals surface area contributed by atoms with Crippen LogP contribution < -0.4 is 0 Å². The molecule has 2 nitrogen and oxygen atoms in total. The van der Waals surface area contributed by atoms with Crippen LogP contribution in [-0.4, -0.2) is 11.9 Å². The lowest BCUT2D eigenvalue weighted by Crippen LogP contribution is -1.87. The van der Waals surface area contributed by atoms with Gasteiger partial charge in [0.1, 0.15) is 0 Å². The fourth-order valence-corrected chi connectivity index (χ4v) is 5.05. The maximum atomic E-state index is 11.1. The van der Waals surface area contributed by atoms with Crippen LogP contribution in [0, 0.1) is 0 Å². The molecule has 1 unspecified atom stereocenters.